The first kappa shape index (κ1) is 16.5. The molecule has 1 heterocycles. The van der Waals surface area contributed by atoms with Crippen molar-refractivity contribution in [3.8, 4) is 0 Å². The number of hydrogen-bond acceptors (Lipinski definition) is 4. The SMILES string of the molecule is COC(=O)C(C)C(NC(=O)C1CCNCC1)c1ccccc1. The Balaban J connectivity index is 2.13. The predicted molar refractivity (Wildman–Crippen MR) is 84.1 cm³/mol. The van der Waals surface area contributed by atoms with E-state index in [1.165, 1.54) is 7.11 Å². The number of benzene rings is 1. The van der Waals surface area contributed by atoms with Gasteiger partial charge in [-0.2, -0.15) is 0 Å². The minimum atomic E-state index is -0.432. The Kier molecular flexibility index (Phi) is 5.95. The molecule has 120 valence electrons. The third-order valence-corrected chi connectivity index (χ3v) is 4.24. The molecule has 5 nitrogen and oxygen atoms in total. The maximum atomic E-state index is 12.5. The Bertz CT molecular complexity index is 498. The first-order valence-electron chi connectivity index (χ1n) is 7.77. The second-order valence-corrected chi connectivity index (χ2v) is 5.73. The highest BCUT2D eigenvalue weighted by molar-refractivity contribution is 5.81. The zero-order valence-electron chi connectivity index (χ0n) is 13.2. The first-order chi connectivity index (χ1) is 10.6. The normalized spacial score (nSPS) is 18.3. The molecule has 22 heavy (non-hydrogen) atoms. The maximum absolute atomic E-state index is 12.5. The highest BCUT2D eigenvalue weighted by Gasteiger charge is 2.30. The van der Waals surface area contributed by atoms with Crippen LogP contribution in [0, 0.1) is 11.8 Å². The van der Waals surface area contributed by atoms with Crippen LogP contribution in [-0.2, 0) is 14.3 Å². The maximum Gasteiger partial charge on any atom is 0.310 e. The Morgan fingerprint density at radius 1 is 1.23 bits per heavy atom. The fourth-order valence-electron chi connectivity index (χ4n) is 2.83. The van der Waals surface area contributed by atoms with E-state index >= 15 is 0 Å². The van der Waals surface area contributed by atoms with Gasteiger partial charge in [-0.1, -0.05) is 30.3 Å². The summed E-state index contributed by atoms with van der Waals surface area (Å²) >= 11 is 0. The van der Waals surface area contributed by atoms with E-state index in [0.717, 1.165) is 31.5 Å². The molecule has 2 unspecified atom stereocenters. The van der Waals surface area contributed by atoms with E-state index in [1.54, 1.807) is 6.92 Å². The van der Waals surface area contributed by atoms with Crippen molar-refractivity contribution < 1.29 is 14.3 Å². The van der Waals surface area contributed by atoms with Gasteiger partial charge < -0.3 is 15.4 Å². The number of carbonyl (C=O) groups is 2. The fraction of sp³-hybridized carbons (Fsp3) is 0.529. The monoisotopic (exact) mass is 304 g/mol. The Labute approximate surface area is 131 Å². The van der Waals surface area contributed by atoms with E-state index in [2.05, 4.69) is 10.6 Å². The van der Waals surface area contributed by atoms with Gasteiger partial charge in [0.2, 0.25) is 5.91 Å². The van der Waals surface area contributed by atoms with Crippen molar-refractivity contribution in [3.05, 3.63) is 35.9 Å². The lowest BCUT2D eigenvalue weighted by molar-refractivity contribution is -0.146. The molecule has 2 N–H and O–H groups in total. The largest absolute Gasteiger partial charge is 0.469 e. The van der Waals surface area contributed by atoms with Crippen LogP contribution in [0.4, 0.5) is 0 Å². The average molecular weight is 304 g/mol. The number of amides is 1. The molecule has 1 aliphatic rings. The van der Waals surface area contributed by atoms with Gasteiger partial charge in [0.1, 0.15) is 0 Å². The zero-order chi connectivity index (χ0) is 15.9. The molecule has 2 rings (SSSR count). The van der Waals surface area contributed by atoms with Crippen molar-refractivity contribution in [3.63, 3.8) is 0 Å². The topological polar surface area (TPSA) is 67.4 Å². The van der Waals surface area contributed by atoms with Gasteiger partial charge >= 0.3 is 5.97 Å². The molecule has 5 heteroatoms. The number of piperidine rings is 1. The molecule has 1 saturated heterocycles. The number of carbonyl (C=O) groups excluding carboxylic acids is 2. The van der Waals surface area contributed by atoms with Gasteiger partial charge in [0.15, 0.2) is 0 Å². The van der Waals surface area contributed by atoms with Crippen LogP contribution in [0.25, 0.3) is 0 Å². The van der Waals surface area contributed by atoms with E-state index in [-0.39, 0.29) is 23.8 Å². The Morgan fingerprint density at radius 2 is 1.86 bits per heavy atom. The van der Waals surface area contributed by atoms with Crippen LogP contribution < -0.4 is 10.6 Å². The molecule has 1 aliphatic heterocycles. The average Bonchev–Trinajstić information content (AvgIpc) is 2.59. The highest BCUT2D eigenvalue weighted by atomic mass is 16.5. The van der Waals surface area contributed by atoms with Crippen LogP contribution in [0.3, 0.4) is 0 Å². The minimum Gasteiger partial charge on any atom is -0.469 e. The molecule has 0 bridgehead atoms. The summed E-state index contributed by atoms with van der Waals surface area (Å²) in [5, 5.41) is 6.30. The van der Waals surface area contributed by atoms with E-state index < -0.39 is 5.92 Å². The summed E-state index contributed by atoms with van der Waals surface area (Å²) in [7, 11) is 1.37. The molecular weight excluding hydrogens is 280 g/mol. The lowest BCUT2D eigenvalue weighted by atomic mass is 9.92. The van der Waals surface area contributed by atoms with Crippen LogP contribution in [-0.4, -0.2) is 32.1 Å². The van der Waals surface area contributed by atoms with E-state index in [1.807, 2.05) is 30.3 Å². The standard InChI is InChI=1S/C17H24N2O3/c1-12(17(21)22-2)15(13-6-4-3-5-7-13)19-16(20)14-8-10-18-11-9-14/h3-7,12,14-15,18H,8-11H2,1-2H3,(H,19,20). The van der Waals surface area contributed by atoms with Crippen LogP contribution >= 0.6 is 0 Å². The number of methoxy groups -OCH3 is 1. The molecule has 0 aromatic heterocycles. The molecule has 1 aromatic rings. The van der Waals surface area contributed by atoms with Crippen LogP contribution in [0.2, 0.25) is 0 Å². The summed E-state index contributed by atoms with van der Waals surface area (Å²) in [5.41, 5.74) is 0.919. The lowest BCUT2D eigenvalue weighted by Crippen LogP contribution is -2.42. The van der Waals surface area contributed by atoms with Gasteiger partial charge in [-0.15, -0.1) is 0 Å². The minimum absolute atomic E-state index is 0.0114. The van der Waals surface area contributed by atoms with Gasteiger partial charge in [0.05, 0.1) is 19.1 Å². The zero-order valence-corrected chi connectivity index (χ0v) is 13.2. The van der Waals surface area contributed by atoms with Crippen molar-refractivity contribution in [2.75, 3.05) is 20.2 Å². The van der Waals surface area contributed by atoms with Gasteiger partial charge in [-0.25, -0.2) is 0 Å². The molecule has 2 atom stereocenters. The second kappa shape index (κ2) is 7.94. The third-order valence-electron chi connectivity index (χ3n) is 4.24. The van der Waals surface area contributed by atoms with Gasteiger partial charge in [0.25, 0.3) is 0 Å². The summed E-state index contributed by atoms with van der Waals surface area (Å²) < 4.78 is 4.84. The van der Waals surface area contributed by atoms with Crippen LogP contribution in [0.1, 0.15) is 31.4 Å². The molecular formula is C17H24N2O3. The number of esters is 1. The molecule has 0 radical (unpaired) electrons. The Morgan fingerprint density at radius 3 is 2.45 bits per heavy atom. The number of rotatable bonds is 5. The lowest BCUT2D eigenvalue weighted by Gasteiger charge is -2.28. The van der Waals surface area contributed by atoms with Crippen molar-refractivity contribution in [2.45, 2.75) is 25.8 Å². The molecule has 1 amide bonds. The number of hydrogen-bond donors (Lipinski definition) is 2. The van der Waals surface area contributed by atoms with Crippen molar-refractivity contribution in [2.24, 2.45) is 11.8 Å². The van der Waals surface area contributed by atoms with Crippen LogP contribution in [0.15, 0.2) is 30.3 Å². The summed E-state index contributed by atoms with van der Waals surface area (Å²) in [6.45, 7) is 3.51. The Hall–Kier alpha value is -1.88. The van der Waals surface area contributed by atoms with E-state index in [4.69, 9.17) is 4.74 Å². The molecule has 0 spiro atoms. The molecule has 1 aromatic carbocycles. The highest BCUT2D eigenvalue weighted by Crippen LogP contribution is 2.24. The number of nitrogens with one attached hydrogen (secondary N) is 2. The third kappa shape index (κ3) is 4.07. The van der Waals surface area contributed by atoms with Crippen molar-refractivity contribution >= 4 is 11.9 Å². The summed E-state index contributed by atoms with van der Waals surface area (Å²) in [6.07, 6.45) is 1.67. The molecule has 1 fully saturated rings. The van der Waals surface area contributed by atoms with Gasteiger partial charge in [-0.3, -0.25) is 9.59 Å². The number of ether oxygens (including phenoxy) is 1. The molecule has 0 saturated carbocycles. The summed E-state index contributed by atoms with van der Waals surface area (Å²) in [4.78, 5) is 24.4. The fourth-order valence-corrected chi connectivity index (χ4v) is 2.83. The smallest absolute Gasteiger partial charge is 0.310 e. The quantitative estimate of drug-likeness (QED) is 0.812. The summed E-state index contributed by atoms with van der Waals surface area (Å²) in [5.74, 6) is -0.721. The predicted octanol–water partition coefficient (Wildman–Crippen LogP) is 1.65. The van der Waals surface area contributed by atoms with Crippen LogP contribution in [0.5, 0.6) is 0 Å². The van der Waals surface area contributed by atoms with E-state index in [9.17, 15) is 9.59 Å². The van der Waals surface area contributed by atoms with Gasteiger partial charge in [-0.05, 0) is 38.4 Å². The second-order valence-electron chi connectivity index (χ2n) is 5.73. The molecule has 0 aliphatic carbocycles. The van der Waals surface area contributed by atoms with E-state index in [0.29, 0.717) is 0 Å². The van der Waals surface area contributed by atoms with Gasteiger partial charge in [0, 0.05) is 5.92 Å². The van der Waals surface area contributed by atoms with Crippen molar-refractivity contribution in [1.82, 2.24) is 10.6 Å². The first-order valence-corrected chi connectivity index (χ1v) is 7.77. The summed E-state index contributed by atoms with van der Waals surface area (Å²) in [6, 6.07) is 9.21. The van der Waals surface area contributed by atoms with Crippen molar-refractivity contribution in [1.29, 1.82) is 0 Å².